The second-order valence-electron chi connectivity index (χ2n) is 4.59. The normalized spacial score (nSPS) is 16.4. The Kier molecular flexibility index (Phi) is 12.6. The summed E-state index contributed by atoms with van der Waals surface area (Å²) in [5, 5.41) is 6.88. The zero-order valence-electron chi connectivity index (χ0n) is 11.7. The van der Waals surface area contributed by atoms with E-state index in [1.54, 1.807) is 0 Å². The second-order valence-corrected chi connectivity index (χ2v) is 5.57. The summed E-state index contributed by atoms with van der Waals surface area (Å²) >= 11 is 1.92. The molecule has 1 saturated carbocycles. The van der Waals surface area contributed by atoms with Crippen molar-refractivity contribution in [2.24, 2.45) is 4.99 Å². The highest BCUT2D eigenvalue weighted by Gasteiger charge is 2.15. The van der Waals surface area contributed by atoms with Gasteiger partial charge < -0.3 is 10.6 Å². The predicted molar refractivity (Wildman–Crippen MR) is 94.4 cm³/mol. The number of rotatable bonds is 7. The Balaban J connectivity index is 0.00000289. The van der Waals surface area contributed by atoms with Crippen LogP contribution in [0.15, 0.2) is 4.99 Å². The Labute approximate surface area is 133 Å². The SMILES string of the molecule is CCNC(=NCCCCSC)NC1CCCC1.I. The largest absolute Gasteiger partial charge is 0.357 e. The maximum atomic E-state index is 4.63. The minimum atomic E-state index is 0. The summed E-state index contributed by atoms with van der Waals surface area (Å²) in [6.07, 6.45) is 9.97. The van der Waals surface area contributed by atoms with Crippen molar-refractivity contribution in [2.75, 3.05) is 25.1 Å². The van der Waals surface area contributed by atoms with Crippen LogP contribution in [0, 0.1) is 0 Å². The zero-order chi connectivity index (χ0) is 12.3. The van der Waals surface area contributed by atoms with E-state index in [9.17, 15) is 0 Å². The van der Waals surface area contributed by atoms with Crippen LogP contribution in [0.3, 0.4) is 0 Å². The highest BCUT2D eigenvalue weighted by atomic mass is 127. The van der Waals surface area contributed by atoms with E-state index < -0.39 is 0 Å². The third-order valence-corrected chi connectivity index (χ3v) is 3.76. The number of halogens is 1. The van der Waals surface area contributed by atoms with Crippen LogP contribution in [0.5, 0.6) is 0 Å². The summed E-state index contributed by atoms with van der Waals surface area (Å²) in [6, 6.07) is 0.652. The van der Waals surface area contributed by atoms with E-state index >= 15 is 0 Å². The quantitative estimate of drug-likeness (QED) is 0.306. The molecule has 0 heterocycles. The van der Waals surface area contributed by atoms with Gasteiger partial charge in [-0.3, -0.25) is 4.99 Å². The van der Waals surface area contributed by atoms with Gasteiger partial charge >= 0.3 is 0 Å². The highest BCUT2D eigenvalue weighted by molar-refractivity contribution is 14.0. The van der Waals surface area contributed by atoms with Crippen molar-refractivity contribution in [1.29, 1.82) is 0 Å². The molecule has 0 atom stereocenters. The topological polar surface area (TPSA) is 36.4 Å². The molecule has 0 aromatic rings. The number of nitrogens with one attached hydrogen (secondary N) is 2. The maximum Gasteiger partial charge on any atom is 0.191 e. The summed E-state index contributed by atoms with van der Waals surface area (Å²) in [7, 11) is 0. The number of hydrogen-bond acceptors (Lipinski definition) is 2. The van der Waals surface area contributed by atoms with Crippen LogP contribution in [0.1, 0.15) is 45.4 Å². The molecule has 0 spiro atoms. The Morgan fingerprint density at radius 2 is 2.00 bits per heavy atom. The number of unbranched alkanes of at least 4 members (excludes halogenated alkanes) is 1. The third kappa shape index (κ3) is 8.45. The van der Waals surface area contributed by atoms with Crippen molar-refractivity contribution < 1.29 is 0 Å². The van der Waals surface area contributed by atoms with Gasteiger partial charge in [0.2, 0.25) is 0 Å². The predicted octanol–water partition coefficient (Wildman–Crippen LogP) is 3.25. The lowest BCUT2D eigenvalue weighted by Gasteiger charge is -2.16. The van der Waals surface area contributed by atoms with Gasteiger partial charge in [0.1, 0.15) is 0 Å². The molecule has 0 aromatic heterocycles. The van der Waals surface area contributed by atoms with E-state index in [1.807, 2.05) is 11.8 Å². The van der Waals surface area contributed by atoms with Gasteiger partial charge in [0.15, 0.2) is 5.96 Å². The Bertz CT molecular complexity index is 218. The molecular weight excluding hydrogens is 357 g/mol. The molecule has 0 bridgehead atoms. The van der Waals surface area contributed by atoms with Crippen LogP contribution in [0.25, 0.3) is 0 Å². The molecule has 1 aliphatic rings. The zero-order valence-corrected chi connectivity index (χ0v) is 14.9. The first kappa shape index (κ1) is 18.4. The second kappa shape index (κ2) is 12.4. The number of thioether (sulfide) groups is 1. The molecule has 3 nitrogen and oxygen atoms in total. The van der Waals surface area contributed by atoms with E-state index in [2.05, 4.69) is 28.8 Å². The first-order valence-electron chi connectivity index (χ1n) is 6.90. The molecule has 108 valence electrons. The van der Waals surface area contributed by atoms with Gasteiger partial charge in [-0.15, -0.1) is 24.0 Å². The van der Waals surface area contributed by atoms with Gasteiger partial charge in [-0.2, -0.15) is 11.8 Å². The fraction of sp³-hybridized carbons (Fsp3) is 0.923. The molecule has 0 amide bonds. The fourth-order valence-electron chi connectivity index (χ4n) is 2.13. The van der Waals surface area contributed by atoms with E-state index in [-0.39, 0.29) is 24.0 Å². The highest BCUT2D eigenvalue weighted by Crippen LogP contribution is 2.17. The molecule has 1 rings (SSSR count). The van der Waals surface area contributed by atoms with Crippen molar-refractivity contribution >= 4 is 41.7 Å². The smallest absolute Gasteiger partial charge is 0.191 e. The summed E-state index contributed by atoms with van der Waals surface area (Å²) in [5.41, 5.74) is 0. The van der Waals surface area contributed by atoms with Gasteiger partial charge in [0.25, 0.3) is 0 Å². The van der Waals surface area contributed by atoms with Crippen molar-refractivity contribution in [2.45, 2.75) is 51.5 Å². The minimum absolute atomic E-state index is 0. The molecule has 0 aromatic carbocycles. The van der Waals surface area contributed by atoms with Crippen molar-refractivity contribution in [3.63, 3.8) is 0 Å². The van der Waals surface area contributed by atoms with Gasteiger partial charge in [-0.05, 0) is 44.6 Å². The van der Waals surface area contributed by atoms with Crippen molar-refractivity contribution in [3.05, 3.63) is 0 Å². The molecule has 0 saturated heterocycles. The first-order valence-corrected chi connectivity index (χ1v) is 8.30. The number of guanidine groups is 1. The minimum Gasteiger partial charge on any atom is -0.357 e. The Hall–Kier alpha value is 0.350. The fourth-order valence-corrected chi connectivity index (χ4v) is 2.63. The van der Waals surface area contributed by atoms with Gasteiger partial charge in [-0.1, -0.05) is 12.8 Å². The Morgan fingerprint density at radius 3 is 2.61 bits per heavy atom. The lowest BCUT2D eigenvalue weighted by molar-refractivity contribution is 0.613. The van der Waals surface area contributed by atoms with Crippen LogP contribution in [0.2, 0.25) is 0 Å². The molecule has 5 heteroatoms. The van der Waals surface area contributed by atoms with E-state index in [0.29, 0.717) is 6.04 Å². The average molecular weight is 385 g/mol. The molecule has 1 aliphatic carbocycles. The summed E-state index contributed by atoms with van der Waals surface area (Å²) in [4.78, 5) is 4.63. The van der Waals surface area contributed by atoms with Crippen molar-refractivity contribution in [3.8, 4) is 0 Å². The van der Waals surface area contributed by atoms with Crippen LogP contribution in [0.4, 0.5) is 0 Å². The first-order chi connectivity index (χ1) is 8.36. The van der Waals surface area contributed by atoms with E-state index in [1.165, 1.54) is 44.3 Å². The molecule has 0 aliphatic heterocycles. The molecule has 2 N–H and O–H groups in total. The Morgan fingerprint density at radius 1 is 1.28 bits per heavy atom. The summed E-state index contributed by atoms with van der Waals surface area (Å²) < 4.78 is 0. The monoisotopic (exact) mass is 385 g/mol. The molecule has 18 heavy (non-hydrogen) atoms. The molecular formula is C13H28IN3S. The van der Waals surface area contributed by atoms with Gasteiger partial charge in [0, 0.05) is 19.1 Å². The lowest BCUT2D eigenvalue weighted by Crippen LogP contribution is -2.42. The standard InChI is InChI=1S/C13H27N3S.HI/c1-3-14-13(15-10-6-7-11-17-2)16-12-8-4-5-9-12;/h12H,3-11H2,1-2H3,(H2,14,15,16);1H. The maximum absolute atomic E-state index is 4.63. The number of nitrogens with zero attached hydrogens (tertiary/aromatic N) is 1. The van der Waals surface area contributed by atoms with Crippen LogP contribution >= 0.6 is 35.7 Å². The van der Waals surface area contributed by atoms with Gasteiger partial charge in [-0.25, -0.2) is 0 Å². The van der Waals surface area contributed by atoms with Gasteiger partial charge in [0.05, 0.1) is 0 Å². The molecule has 1 fully saturated rings. The van der Waals surface area contributed by atoms with Crippen LogP contribution in [-0.4, -0.2) is 37.1 Å². The molecule has 0 radical (unpaired) electrons. The van der Waals surface area contributed by atoms with Crippen molar-refractivity contribution in [1.82, 2.24) is 10.6 Å². The number of hydrogen-bond donors (Lipinski definition) is 2. The summed E-state index contributed by atoms with van der Waals surface area (Å²) in [6.45, 7) is 4.02. The van der Waals surface area contributed by atoms with E-state index in [0.717, 1.165) is 19.0 Å². The molecule has 0 unspecified atom stereocenters. The van der Waals surface area contributed by atoms with Crippen LogP contribution < -0.4 is 10.6 Å². The lowest BCUT2D eigenvalue weighted by atomic mass is 10.2. The van der Waals surface area contributed by atoms with E-state index in [4.69, 9.17) is 0 Å². The number of aliphatic imine (C=N–C) groups is 1. The third-order valence-electron chi connectivity index (χ3n) is 3.07. The summed E-state index contributed by atoms with van der Waals surface area (Å²) in [5.74, 6) is 2.27. The average Bonchev–Trinajstić information content (AvgIpc) is 2.82. The van der Waals surface area contributed by atoms with Crippen LogP contribution in [-0.2, 0) is 0 Å².